The molecule has 1 heterocycles. The van der Waals surface area contributed by atoms with Gasteiger partial charge in [-0.1, -0.05) is 0 Å². The maximum absolute atomic E-state index is 9.38. The van der Waals surface area contributed by atoms with Crippen LogP contribution in [-0.4, -0.2) is 9.52 Å². The molecule has 60 heavy (non-hydrogen) atoms. The van der Waals surface area contributed by atoms with E-state index in [9.17, 15) is 17.0 Å². The van der Waals surface area contributed by atoms with Crippen molar-refractivity contribution in [2.24, 2.45) is 0 Å². The first kappa shape index (κ1) is 41.8. The summed E-state index contributed by atoms with van der Waals surface area (Å²) in [7, 11) is 17.9. The summed E-state index contributed by atoms with van der Waals surface area (Å²) in [6.45, 7) is 18.2. The Morgan fingerprint density at radius 2 is 1.00 bits per heavy atom. The Kier molecular flexibility index (Phi) is 11.1. The summed E-state index contributed by atoms with van der Waals surface area (Å²) >= 11 is -5.62. The molecule has 9 rings (SSSR count). The van der Waals surface area contributed by atoms with Gasteiger partial charge in [-0.25, -0.2) is 0 Å². The molecule has 2 atom stereocenters. The summed E-state index contributed by atoms with van der Waals surface area (Å²) in [6.07, 6.45) is 11.2. The van der Waals surface area contributed by atoms with E-state index >= 15 is 0 Å². The van der Waals surface area contributed by atoms with E-state index in [4.69, 9.17) is 0 Å². The molecule has 0 amide bonds. The van der Waals surface area contributed by atoms with Gasteiger partial charge in [-0.15, -0.1) is 0 Å². The molecule has 4 heteroatoms. The van der Waals surface area contributed by atoms with Crippen molar-refractivity contribution < 1.29 is 16.4 Å². The number of aryl methyl sites for hydroxylation is 6. The molecule has 1 aliphatic heterocycles. The van der Waals surface area contributed by atoms with E-state index in [1.165, 1.54) is 114 Å². The molecule has 2 aliphatic carbocycles. The molecule has 0 bridgehead atoms. The average Bonchev–Trinajstić information content (AvgIpc) is 3.92. The van der Waals surface area contributed by atoms with Gasteiger partial charge in [-0.3, -0.25) is 0 Å². The average molecular weight is 922 g/mol. The van der Waals surface area contributed by atoms with Gasteiger partial charge in [0.25, 0.3) is 0 Å². The molecular formula is C56H59Cl2SiZr. The van der Waals surface area contributed by atoms with Crippen LogP contribution in [0.4, 0.5) is 0 Å². The third-order valence-electron chi connectivity index (χ3n) is 14.1. The van der Waals surface area contributed by atoms with Crippen molar-refractivity contribution in [1.29, 1.82) is 0 Å². The standard InChI is InChI=1S/2C22H25.C12H9Si.2ClH.Zr/c2*1-5-7-18-8-9-19-13-17(6-2)14-21(19)22(18)20-11-15(3)10-16(4)12-20;1-3-7-11-9(5-1)10-6-2-4-8-12(10)13-11;;;/h2*8-14H,5-7H2,1-4H3;1-7H,13H2;2*1H;/q;;;;;+2/p-2. The number of fused-ring (bicyclic) bond motifs is 5. The Hall–Kier alpha value is -3.52. The Morgan fingerprint density at radius 3 is 1.47 bits per heavy atom. The van der Waals surface area contributed by atoms with Gasteiger partial charge in [0, 0.05) is 0 Å². The molecule has 3 aliphatic rings. The maximum atomic E-state index is 9.38. The fourth-order valence-corrected chi connectivity index (χ4v) is 40.2. The van der Waals surface area contributed by atoms with Crippen molar-refractivity contribution in [1.82, 2.24) is 0 Å². The zero-order valence-corrected chi connectivity index (χ0v) is 42.2. The third-order valence-corrected chi connectivity index (χ3v) is 36.8. The van der Waals surface area contributed by atoms with Gasteiger partial charge in [0.2, 0.25) is 0 Å². The summed E-state index contributed by atoms with van der Waals surface area (Å²) in [5.74, 6) is 0. The van der Waals surface area contributed by atoms with Gasteiger partial charge in [-0.2, -0.15) is 0 Å². The molecule has 0 fully saturated rings. The van der Waals surface area contributed by atoms with E-state index in [0.29, 0.717) is 0 Å². The van der Waals surface area contributed by atoms with Gasteiger partial charge < -0.3 is 0 Å². The number of benzene rings is 6. The number of hydrogen-bond donors (Lipinski definition) is 0. The third kappa shape index (κ3) is 6.61. The summed E-state index contributed by atoms with van der Waals surface area (Å²) in [5.41, 5.74) is 24.3. The van der Waals surface area contributed by atoms with Crippen LogP contribution >= 0.6 is 17.0 Å². The van der Waals surface area contributed by atoms with E-state index < -0.39 is 25.9 Å². The fraction of sp³-hybridized carbons (Fsp3) is 0.286. The Balaban J connectivity index is 1.38. The summed E-state index contributed by atoms with van der Waals surface area (Å²) in [6, 6.07) is 40.1. The van der Waals surface area contributed by atoms with Crippen LogP contribution in [0.15, 0.2) is 114 Å². The topological polar surface area (TPSA) is 0 Å². The summed E-state index contributed by atoms with van der Waals surface area (Å²) in [5, 5.41) is 2.99. The Morgan fingerprint density at radius 1 is 0.533 bits per heavy atom. The van der Waals surface area contributed by atoms with Gasteiger partial charge >= 0.3 is 373 Å². The van der Waals surface area contributed by atoms with Crippen LogP contribution in [0.5, 0.6) is 0 Å². The van der Waals surface area contributed by atoms with Crippen LogP contribution in [0, 0.1) is 27.7 Å². The first-order valence-electron chi connectivity index (χ1n) is 22.6. The van der Waals surface area contributed by atoms with E-state index in [0.717, 1.165) is 38.5 Å². The summed E-state index contributed by atoms with van der Waals surface area (Å²) < 4.78 is 1.15. The zero-order valence-electron chi connectivity index (χ0n) is 36.8. The minimum atomic E-state index is -5.62. The second-order valence-electron chi connectivity index (χ2n) is 18.3. The van der Waals surface area contributed by atoms with Crippen molar-refractivity contribution in [3.63, 3.8) is 0 Å². The number of rotatable bonds is 11. The monoisotopic (exact) mass is 919 g/mol. The quantitative estimate of drug-likeness (QED) is 0.113. The van der Waals surface area contributed by atoms with Crippen LogP contribution in [0.1, 0.15) is 116 Å². The molecule has 0 radical (unpaired) electrons. The van der Waals surface area contributed by atoms with Crippen LogP contribution < -0.4 is 13.6 Å². The molecule has 0 aromatic heterocycles. The van der Waals surface area contributed by atoms with Crippen LogP contribution in [-0.2, 0) is 29.2 Å². The number of halogens is 2. The Bertz CT molecular complexity index is 2610. The van der Waals surface area contributed by atoms with Crippen LogP contribution in [0.25, 0.3) is 45.5 Å². The zero-order chi connectivity index (χ0) is 42.1. The normalized spacial score (nSPS) is 17.5. The molecule has 0 saturated carbocycles. The molecule has 0 nitrogen and oxygen atoms in total. The SMILES string of the molecule is CCCc1ccc2c(c1-c1cc(C)cc(C)c1)C=C(CC)[CH]2[Zr]([Cl])([Cl])([c]1cccc2c1[SiH2]c1ccccc1-2)[CH]1C(CC)=Cc2c1ccc(CCC)c2-c1cc(C)cc(C)c1. The van der Waals surface area contributed by atoms with Crippen molar-refractivity contribution in [2.75, 3.05) is 0 Å². The van der Waals surface area contributed by atoms with E-state index in [1.54, 1.807) is 0 Å². The predicted octanol–water partition coefficient (Wildman–Crippen LogP) is 14.0. The first-order chi connectivity index (χ1) is 28.9. The van der Waals surface area contributed by atoms with Crippen molar-refractivity contribution in [3.8, 4) is 33.4 Å². The molecule has 305 valence electrons. The number of allylic oxidation sites excluding steroid dienone is 2. The second-order valence-corrected chi connectivity index (χ2v) is 40.7. The minimum absolute atomic E-state index is 0.0785. The van der Waals surface area contributed by atoms with Crippen molar-refractivity contribution in [3.05, 3.63) is 170 Å². The molecule has 6 aromatic rings. The van der Waals surface area contributed by atoms with Crippen LogP contribution in [0.3, 0.4) is 0 Å². The van der Waals surface area contributed by atoms with Gasteiger partial charge in [0.15, 0.2) is 0 Å². The Labute approximate surface area is 370 Å². The molecule has 0 spiro atoms. The van der Waals surface area contributed by atoms with Crippen molar-refractivity contribution in [2.45, 2.75) is 101 Å². The molecule has 2 unspecified atom stereocenters. The first-order valence-corrected chi connectivity index (χ1v) is 34.4. The molecule has 0 N–H and O–H groups in total. The molecular weight excluding hydrogens is 863 g/mol. The van der Waals surface area contributed by atoms with Gasteiger partial charge in [0.05, 0.1) is 0 Å². The van der Waals surface area contributed by atoms with E-state index in [1.807, 2.05) is 0 Å². The number of hydrogen-bond acceptors (Lipinski definition) is 0. The van der Waals surface area contributed by atoms with E-state index in [-0.39, 0.29) is 7.25 Å². The fourth-order valence-electron chi connectivity index (χ4n) is 11.9. The van der Waals surface area contributed by atoms with E-state index in [2.05, 4.69) is 171 Å². The van der Waals surface area contributed by atoms with Gasteiger partial charge in [0.1, 0.15) is 0 Å². The van der Waals surface area contributed by atoms with Crippen LogP contribution in [0.2, 0.25) is 0 Å². The molecule has 6 aromatic carbocycles. The summed E-state index contributed by atoms with van der Waals surface area (Å²) in [4.78, 5) is 0. The second kappa shape index (κ2) is 16.0. The van der Waals surface area contributed by atoms with Crippen molar-refractivity contribution >= 4 is 52.3 Å². The predicted molar refractivity (Wildman–Crippen MR) is 264 cm³/mol. The van der Waals surface area contributed by atoms with Gasteiger partial charge in [-0.05, 0) is 0 Å². The molecule has 0 saturated heterocycles.